The molecule has 0 saturated heterocycles. The maximum absolute atomic E-state index is 5.38. The summed E-state index contributed by atoms with van der Waals surface area (Å²) < 4.78 is 15.5. The lowest BCUT2D eigenvalue weighted by Gasteiger charge is -2.20. The van der Waals surface area contributed by atoms with Crippen LogP contribution in [0.3, 0.4) is 0 Å². The summed E-state index contributed by atoms with van der Waals surface area (Å²) >= 11 is 0. The van der Waals surface area contributed by atoms with E-state index in [4.69, 9.17) is 14.2 Å². The van der Waals surface area contributed by atoms with Gasteiger partial charge in [-0.25, -0.2) is 0 Å². The van der Waals surface area contributed by atoms with E-state index in [2.05, 4.69) is 26.1 Å². The molecule has 0 fully saturated rings. The van der Waals surface area contributed by atoms with E-state index < -0.39 is 0 Å². The van der Waals surface area contributed by atoms with Crippen molar-refractivity contribution in [3.8, 4) is 0 Å². The quantitative estimate of drug-likeness (QED) is 0.589. The van der Waals surface area contributed by atoms with Gasteiger partial charge >= 0.3 is 0 Å². The molecule has 0 aromatic heterocycles. The van der Waals surface area contributed by atoms with Crippen molar-refractivity contribution in [2.24, 2.45) is 0 Å². The van der Waals surface area contributed by atoms with Gasteiger partial charge in [0.1, 0.15) is 0 Å². The number of hydrogen-bond donors (Lipinski definition) is 1. The Morgan fingerprint density at radius 2 is 1.40 bits per heavy atom. The highest BCUT2D eigenvalue weighted by Gasteiger charge is 2.06. The molecule has 0 rings (SSSR count). The Bertz CT molecular complexity index is 134. The summed E-state index contributed by atoms with van der Waals surface area (Å²) in [5.41, 5.74) is 0.165. The van der Waals surface area contributed by atoms with Crippen LogP contribution in [-0.4, -0.2) is 52.2 Å². The van der Waals surface area contributed by atoms with Crippen LogP contribution in [0.2, 0.25) is 0 Å². The molecule has 0 radical (unpaired) electrons. The molecule has 4 heteroatoms. The van der Waals surface area contributed by atoms with E-state index in [9.17, 15) is 0 Å². The van der Waals surface area contributed by atoms with Gasteiger partial charge in [-0.05, 0) is 20.8 Å². The molecule has 0 saturated carbocycles. The molecule has 0 aliphatic rings. The molecule has 1 N–H and O–H groups in total. The smallest absolute Gasteiger partial charge is 0.0701 e. The third-order valence-corrected chi connectivity index (χ3v) is 1.71. The van der Waals surface area contributed by atoms with Crippen LogP contribution in [0, 0.1) is 0 Å². The van der Waals surface area contributed by atoms with Gasteiger partial charge < -0.3 is 19.5 Å². The molecule has 0 aromatic rings. The van der Waals surface area contributed by atoms with E-state index in [1.54, 1.807) is 7.11 Å². The van der Waals surface area contributed by atoms with Crippen molar-refractivity contribution in [2.75, 3.05) is 46.7 Å². The van der Waals surface area contributed by atoms with E-state index >= 15 is 0 Å². The van der Waals surface area contributed by atoms with Crippen LogP contribution in [0.15, 0.2) is 0 Å². The molecule has 4 nitrogen and oxygen atoms in total. The minimum absolute atomic E-state index is 0.165. The second-order valence-corrected chi connectivity index (χ2v) is 4.39. The van der Waals surface area contributed by atoms with Gasteiger partial charge in [0, 0.05) is 19.2 Å². The summed E-state index contributed by atoms with van der Waals surface area (Å²) in [4.78, 5) is 0. The molecular weight excluding hydrogens is 194 g/mol. The highest BCUT2D eigenvalue weighted by Crippen LogP contribution is 1.96. The Hall–Kier alpha value is -0.160. The topological polar surface area (TPSA) is 39.7 Å². The van der Waals surface area contributed by atoms with E-state index in [-0.39, 0.29) is 5.54 Å². The fourth-order valence-electron chi connectivity index (χ4n) is 0.962. The van der Waals surface area contributed by atoms with Gasteiger partial charge in [0.25, 0.3) is 0 Å². The minimum atomic E-state index is 0.165. The Morgan fingerprint density at radius 1 is 0.867 bits per heavy atom. The van der Waals surface area contributed by atoms with Crippen LogP contribution < -0.4 is 5.32 Å². The van der Waals surface area contributed by atoms with E-state index in [0.29, 0.717) is 26.4 Å². The molecule has 0 aliphatic heterocycles. The average Bonchev–Trinajstić information content (AvgIpc) is 2.14. The average molecular weight is 219 g/mol. The van der Waals surface area contributed by atoms with E-state index in [0.717, 1.165) is 13.2 Å². The lowest BCUT2D eigenvalue weighted by atomic mass is 10.1. The fraction of sp³-hybridized carbons (Fsp3) is 1.00. The Kier molecular flexibility index (Phi) is 9.00. The third kappa shape index (κ3) is 13.8. The molecule has 0 atom stereocenters. The summed E-state index contributed by atoms with van der Waals surface area (Å²) in [7, 11) is 1.66. The van der Waals surface area contributed by atoms with Crippen LogP contribution in [0.25, 0.3) is 0 Å². The molecule has 0 bridgehead atoms. The van der Waals surface area contributed by atoms with Crippen molar-refractivity contribution in [1.29, 1.82) is 0 Å². The Balaban J connectivity index is 2.99. The lowest BCUT2D eigenvalue weighted by molar-refractivity contribution is 0.0248. The molecule has 15 heavy (non-hydrogen) atoms. The lowest BCUT2D eigenvalue weighted by Crippen LogP contribution is -2.38. The summed E-state index contributed by atoms with van der Waals surface area (Å²) in [6.07, 6.45) is 0. The zero-order valence-electron chi connectivity index (χ0n) is 10.5. The van der Waals surface area contributed by atoms with E-state index in [1.165, 1.54) is 0 Å². The van der Waals surface area contributed by atoms with Gasteiger partial charge in [0.15, 0.2) is 0 Å². The van der Waals surface area contributed by atoms with Crippen molar-refractivity contribution in [2.45, 2.75) is 26.3 Å². The Labute approximate surface area is 93.3 Å². The van der Waals surface area contributed by atoms with Crippen molar-refractivity contribution in [3.05, 3.63) is 0 Å². The molecule has 0 aromatic carbocycles. The van der Waals surface area contributed by atoms with Gasteiger partial charge in [-0.2, -0.15) is 0 Å². The largest absolute Gasteiger partial charge is 0.382 e. The molecular formula is C11H25NO3. The van der Waals surface area contributed by atoms with Crippen molar-refractivity contribution in [1.82, 2.24) is 5.32 Å². The maximum atomic E-state index is 5.38. The predicted molar refractivity (Wildman–Crippen MR) is 61.3 cm³/mol. The van der Waals surface area contributed by atoms with Gasteiger partial charge in [-0.3, -0.25) is 0 Å². The number of hydrogen-bond acceptors (Lipinski definition) is 4. The summed E-state index contributed by atoms with van der Waals surface area (Å²) in [6, 6.07) is 0. The van der Waals surface area contributed by atoms with Crippen LogP contribution >= 0.6 is 0 Å². The Morgan fingerprint density at radius 3 is 1.93 bits per heavy atom. The number of nitrogens with one attached hydrogen (secondary N) is 1. The standard InChI is InChI=1S/C11H25NO3/c1-11(2,3)12-5-6-14-9-10-15-8-7-13-4/h12H,5-10H2,1-4H3. The van der Waals surface area contributed by atoms with Gasteiger partial charge in [-0.1, -0.05) is 0 Å². The summed E-state index contributed by atoms with van der Waals surface area (Å²) in [5.74, 6) is 0. The fourth-order valence-corrected chi connectivity index (χ4v) is 0.962. The first-order chi connectivity index (χ1) is 7.06. The van der Waals surface area contributed by atoms with Crippen LogP contribution in [0.1, 0.15) is 20.8 Å². The predicted octanol–water partition coefficient (Wildman–Crippen LogP) is 1.05. The molecule has 92 valence electrons. The van der Waals surface area contributed by atoms with Crippen molar-refractivity contribution in [3.63, 3.8) is 0 Å². The van der Waals surface area contributed by atoms with E-state index in [1.807, 2.05) is 0 Å². The summed E-state index contributed by atoms with van der Waals surface area (Å²) in [6.45, 7) is 10.6. The number of rotatable bonds is 9. The molecule has 0 heterocycles. The van der Waals surface area contributed by atoms with Crippen LogP contribution in [0.5, 0.6) is 0 Å². The van der Waals surface area contributed by atoms with Crippen molar-refractivity contribution >= 4 is 0 Å². The number of methoxy groups -OCH3 is 1. The number of ether oxygens (including phenoxy) is 3. The second-order valence-electron chi connectivity index (χ2n) is 4.39. The maximum Gasteiger partial charge on any atom is 0.0701 e. The second kappa shape index (κ2) is 9.09. The minimum Gasteiger partial charge on any atom is -0.382 e. The molecule has 0 amide bonds. The first-order valence-electron chi connectivity index (χ1n) is 5.46. The molecule has 0 aliphatic carbocycles. The van der Waals surface area contributed by atoms with Gasteiger partial charge in [-0.15, -0.1) is 0 Å². The normalized spacial score (nSPS) is 12.0. The third-order valence-electron chi connectivity index (χ3n) is 1.71. The van der Waals surface area contributed by atoms with Gasteiger partial charge in [0.2, 0.25) is 0 Å². The SMILES string of the molecule is COCCOCCOCCNC(C)(C)C. The highest BCUT2D eigenvalue weighted by atomic mass is 16.5. The summed E-state index contributed by atoms with van der Waals surface area (Å²) in [5, 5.41) is 3.35. The first kappa shape index (κ1) is 14.8. The van der Waals surface area contributed by atoms with Gasteiger partial charge in [0.05, 0.1) is 33.0 Å². The molecule has 0 spiro atoms. The highest BCUT2D eigenvalue weighted by molar-refractivity contribution is 4.69. The zero-order chi connectivity index (χ0) is 11.6. The first-order valence-corrected chi connectivity index (χ1v) is 5.46. The van der Waals surface area contributed by atoms with Crippen LogP contribution in [0.4, 0.5) is 0 Å². The monoisotopic (exact) mass is 219 g/mol. The molecule has 0 unspecified atom stereocenters. The zero-order valence-corrected chi connectivity index (χ0v) is 10.5. The van der Waals surface area contributed by atoms with Crippen molar-refractivity contribution < 1.29 is 14.2 Å². The van der Waals surface area contributed by atoms with Crippen LogP contribution in [-0.2, 0) is 14.2 Å².